The Kier molecular flexibility index (Phi) is 3.81. The van der Waals surface area contributed by atoms with Crippen LogP contribution in [-0.4, -0.2) is 12.0 Å². The Balaban J connectivity index is 2.26. The number of nitrogens with zero attached hydrogens (tertiary/aromatic N) is 3. The van der Waals surface area contributed by atoms with E-state index >= 15 is 0 Å². The van der Waals surface area contributed by atoms with Crippen molar-refractivity contribution in [2.45, 2.75) is 6.54 Å². The lowest BCUT2D eigenvalue weighted by Crippen LogP contribution is -2.17. The van der Waals surface area contributed by atoms with Gasteiger partial charge in [-0.25, -0.2) is 4.98 Å². The molecule has 0 N–H and O–H groups in total. The number of hydrogen-bond donors (Lipinski definition) is 0. The first-order chi connectivity index (χ1) is 8.72. The molecule has 90 valence electrons. The minimum Gasteiger partial charge on any atom is -0.369 e. The van der Waals surface area contributed by atoms with Crippen LogP contribution in [0.1, 0.15) is 11.1 Å². The zero-order valence-electron chi connectivity index (χ0n) is 9.97. The molecule has 0 amide bonds. The lowest BCUT2D eigenvalue weighted by atomic mass is 10.1. The van der Waals surface area contributed by atoms with Gasteiger partial charge < -0.3 is 4.90 Å². The van der Waals surface area contributed by atoms with E-state index in [1.165, 1.54) is 0 Å². The van der Waals surface area contributed by atoms with Gasteiger partial charge in [-0.3, -0.25) is 0 Å². The van der Waals surface area contributed by atoms with Crippen LogP contribution in [0.15, 0.2) is 42.6 Å². The second kappa shape index (κ2) is 5.52. The molecule has 0 radical (unpaired) electrons. The number of aromatic nitrogens is 1. The summed E-state index contributed by atoms with van der Waals surface area (Å²) in [5.41, 5.74) is 2.48. The van der Waals surface area contributed by atoms with Crippen LogP contribution in [0.2, 0.25) is 5.15 Å². The number of pyridine rings is 1. The Morgan fingerprint density at radius 3 is 2.78 bits per heavy atom. The Morgan fingerprint density at radius 1 is 1.28 bits per heavy atom. The van der Waals surface area contributed by atoms with Crippen molar-refractivity contribution in [3.05, 3.63) is 58.9 Å². The minimum absolute atomic E-state index is 0.499. The Hall–Kier alpha value is -2.05. The van der Waals surface area contributed by atoms with Crippen LogP contribution in [-0.2, 0) is 6.54 Å². The molecule has 0 unspecified atom stereocenters. The molecule has 1 heterocycles. The van der Waals surface area contributed by atoms with Crippen LogP contribution in [0.3, 0.4) is 0 Å². The first-order valence-electron chi connectivity index (χ1n) is 5.52. The maximum absolute atomic E-state index is 9.07. The van der Waals surface area contributed by atoms with Gasteiger partial charge in [0.05, 0.1) is 11.3 Å². The van der Waals surface area contributed by atoms with Crippen molar-refractivity contribution in [1.82, 2.24) is 4.98 Å². The van der Waals surface area contributed by atoms with Gasteiger partial charge in [0.1, 0.15) is 11.2 Å². The van der Waals surface area contributed by atoms with Crippen molar-refractivity contribution in [2.75, 3.05) is 11.9 Å². The van der Waals surface area contributed by atoms with E-state index in [9.17, 15) is 0 Å². The van der Waals surface area contributed by atoms with Gasteiger partial charge >= 0.3 is 0 Å². The average Bonchev–Trinajstić information content (AvgIpc) is 2.41. The Labute approximate surface area is 111 Å². The van der Waals surface area contributed by atoms with E-state index in [1.54, 1.807) is 12.3 Å². The van der Waals surface area contributed by atoms with Crippen LogP contribution in [0.25, 0.3) is 0 Å². The molecule has 0 atom stereocenters. The third-order valence-electron chi connectivity index (χ3n) is 2.68. The van der Waals surface area contributed by atoms with E-state index in [0.717, 1.165) is 11.3 Å². The number of benzene rings is 1. The summed E-state index contributed by atoms with van der Waals surface area (Å²) in [7, 11) is 1.93. The highest BCUT2D eigenvalue weighted by atomic mass is 35.5. The maximum Gasteiger partial charge on any atom is 0.133 e. The van der Waals surface area contributed by atoms with Crippen LogP contribution in [0, 0.1) is 11.3 Å². The van der Waals surface area contributed by atoms with Gasteiger partial charge in [0, 0.05) is 25.4 Å². The fourth-order valence-electron chi connectivity index (χ4n) is 1.78. The predicted octanol–water partition coefficient (Wildman–Crippen LogP) is 3.24. The van der Waals surface area contributed by atoms with Gasteiger partial charge in [-0.05, 0) is 18.2 Å². The number of para-hydroxylation sites is 1. The SMILES string of the molecule is CN(Cc1cccnc1Cl)c1ccccc1C#N. The van der Waals surface area contributed by atoms with Crippen LogP contribution in [0.5, 0.6) is 0 Å². The second-order valence-corrected chi connectivity index (χ2v) is 4.30. The third kappa shape index (κ3) is 2.61. The number of nitriles is 1. The topological polar surface area (TPSA) is 39.9 Å². The van der Waals surface area contributed by atoms with Gasteiger partial charge in [0.2, 0.25) is 0 Å². The van der Waals surface area contributed by atoms with Crippen LogP contribution in [0.4, 0.5) is 5.69 Å². The van der Waals surface area contributed by atoms with E-state index in [2.05, 4.69) is 11.1 Å². The summed E-state index contributed by atoms with van der Waals surface area (Å²) in [4.78, 5) is 6.03. The van der Waals surface area contributed by atoms with E-state index in [4.69, 9.17) is 16.9 Å². The maximum atomic E-state index is 9.07. The van der Waals surface area contributed by atoms with Crippen molar-refractivity contribution < 1.29 is 0 Å². The fourth-order valence-corrected chi connectivity index (χ4v) is 1.96. The summed E-state index contributed by atoms with van der Waals surface area (Å²) >= 11 is 6.03. The molecule has 3 nitrogen and oxygen atoms in total. The molecule has 0 saturated heterocycles. The highest BCUT2D eigenvalue weighted by Crippen LogP contribution is 2.22. The number of anilines is 1. The molecule has 4 heteroatoms. The Morgan fingerprint density at radius 2 is 2.06 bits per heavy atom. The quantitative estimate of drug-likeness (QED) is 0.793. The number of hydrogen-bond acceptors (Lipinski definition) is 3. The number of halogens is 1. The van der Waals surface area contributed by atoms with Gasteiger partial charge in [-0.1, -0.05) is 29.8 Å². The van der Waals surface area contributed by atoms with Crippen molar-refractivity contribution in [3.63, 3.8) is 0 Å². The molecule has 1 aromatic heterocycles. The molecule has 1 aromatic carbocycles. The van der Waals surface area contributed by atoms with Crippen molar-refractivity contribution in [1.29, 1.82) is 5.26 Å². The van der Waals surface area contributed by atoms with Crippen molar-refractivity contribution in [3.8, 4) is 6.07 Å². The molecular weight excluding hydrogens is 246 g/mol. The molecule has 0 bridgehead atoms. The first kappa shape index (κ1) is 12.4. The summed E-state index contributed by atoms with van der Waals surface area (Å²) in [6.45, 7) is 0.616. The zero-order valence-corrected chi connectivity index (χ0v) is 10.7. The molecule has 0 fully saturated rings. The van der Waals surface area contributed by atoms with Crippen molar-refractivity contribution >= 4 is 17.3 Å². The average molecular weight is 258 g/mol. The van der Waals surface area contributed by atoms with Gasteiger partial charge in [0.15, 0.2) is 0 Å². The largest absolute Gasteiger partial charge is 0.369 e. The van der Waals surface area contributed by atoms with E-state index < -0.39 is 0 Å². The van der Waals surface area contributed by atoms with Crippen LogP contribution < -0.4 is 4.90 Å². The van der Waals surface area contributed by atoms with Gasteiger partial charge in [0.25, 0.3) is 0 Å². The summed E-state index contributed by atoms with van der Waals surface area (Å²) in [6.07, 6.45) is 1.66. The first-order valence-corrected chi connectivity index (χ1v) is 5.90. The Bertz CT molecular complexity index is 590. The summed E-state index contributed by atoms with van der Waals surface area (Å²) in [5, 5.41) is 9.57. The highest BCUT2D eigenvalue weighted by Gasteiger charge is 2.09. The smallest absolute Gasteiger partial charge is 0.133 e. The lowest BCUT2D eigenvalue weighted by Gasteiger charge is -2.20. The van der Waals surface area contributed by atoms with E-state index in [1.807, 2.05) is 42.3 Å². The standard InChI is InChI=1S/C14H12ClN3/c1-18(10-12-6-4-8-17-14(12)15)13-7-3-2-5-11(13)9-16/h2-8H,10H2,1H3. The molecular formula is C14H12ClN3. The summed E-state index contributed by atoms with van der Waals surface area (Å²) < 4.78 is 0. The monoisotopic (exact) mass is 257 g/mol. The normalized spacial score (nSPS) is 9.83. The molecule has 0 saturated carbocycles. The fraction of sp³-hybridized carbons (Fsp3) is 0.143. The van der Waals surface area contributed by atoms with Gasteiger partial charge in [-0.2, -0.15) is 5.26 Å². The summed E-state index contributed by atoms with van der Waals surface area (Å²) in [6, 6.07) is 13.5. The summed E-state index contributed by atoms with van der Waals surface area (Å²) in [5.74, 6) is 0. The lowest BCUT2D eigenvalue weighted by molar-refractivity contribution is 0.913. The highest BCUT2D eigenvalue weighted by molar-refractivity contribution is 6.30. The van der Waals surface area contributed by atoms with E-state index in [0.29, 0.717) is 17.3 Å². The van der Waals surface area contributed by atoms with Gasteiger partial charge in [-0.15, -0.1) is 0 Å². The third-order valence-corrected chi connectivity index (χ3v) is 3.02. The molecule has 2 rings (SSSR count). The zero-order chi connectivity index (χ0) is 13.0. The van der Waals surface area contributed by atoms with E-state index in [-0.39, 0.29) is 0 Å². The molecule has 0 aliphatic carbocycles. The molecule has 18 heavy (non-hydrogen) atoms. The molecule has 0 aliphatic heterocycles. The second-order valence-electron chi connectivity index (χ2n) is 3.94. The van der Waals surface area contributed by atoms with Crippen molar-refractivity contribution in [2.24, 2.45) is 0 Å². The molecule has 0 aliphatic rings. The number of rotatable bonds is 3. The predicted molar refractivity (Wildman–Crippen MR) is 72.5 cm³/mol. The minimum atomic E-state index is 0.499. The van der Waals surface area contributed by atoms with Crippen LogP contribution >= 0.6 is 11.6 Å². The molecule has 2 aromatic rings. The molecule has 0 spiro atoms.